The second-order valence-electron chi connectivity index (χ2n) is 3.28. The van der Waals surface area contributed by atoms with Crippen LogP contribution in [0.25, 0.3) is 11.0 Å². The number of benzene rings is 1. The number of aliphatic hydroxyl groups is 1. The average molecular weight is 214 g/mol. The maximum absolute atomic E-state index is 11.0. The second-order valence-corrected chi connectivity index (χ2v) is 3.28. The lowest BCUT2D eigenvalue weighted by Gasteiger charge is -1.95. The van der Waals surface area contributed by atoms with Crippen molar-refractivity contribution in [2.24, 2.45) is 0 Å². The monoisotopic (exact) mass is 214 g/mol. The smallest absolute Gasteiger partial charge is 0.336 e. The first-order valence-corrected chi connectivity index (χ1v) is 4.93. The van der Waals surface area contributed by atoms with Crippen molar-refractivity contribution in [1.29, 1.82) is 0 Å². The first kappa shape index (κ1) is 10.5. The van der Waals surface area contributed by atoms with E-state index in [4.69, 9.17) is 9.52 Å². The number of hydrogen-bond donors (Lipinski definition) is 1. The van der Waals surface area contributed by atoms with Crippen LogP contribution in [0.3, 0.4) is 0 Å². The molecule has 3 heteroatoms. The summed E-state index contributed by atoms with van der Waals surface area (Å²) in [6.45, 7) is 0.0513. The molecule has 0 fully saturated rings. The van der Waals surface area contributed by atoms with Crippen LogP contribution in [0.5, 0.6) is 0 Å². The number of fused-ring (bicyclic) bond motifs is 1. The third-order valence-electron chi connectivity index (χ3n) is 2.09. The van der Waals surface area contributed by atoms with Gasteiger partial charge in [-0.2, -0.15) is 0 Å². The van der Waals surface area contributed by atoms with E-state index < -0.39 is 0 Å². The van der Waals surface area contributed by atoms with Crippen LogP contribution in [-0.4, -0.2) is 11.7 Å². The predicted molar refractivity (Wildman–Crippen MR) is 61.1 cm³/mol. The molecule has 0 radical (unpaired) electrons. The number of rotatable bonds is 1. The summed E-state index contributed by atoms with van der Waals surface area (Å²) in [5, 5.41) is 9.46. The first-order chi connectivity index (χ1) is 7.79. The van der Waals surface area contributed by atoms with Crippen LogP contribution in [0.15, 0.2) is 39.5 Å². The van der Waals surface area contributed by atoms with Gasteiger partial charge in [0.15, 0.2) is 0 Å². The van der Waals surface area contributed by atoms with E-state index in [1.807, 2.05) is 12.1 Å². The fourth-order valence-electron chi connectivity index (χ4n) is 1.36. The van der Waals surface area contributed by atoms with Crippen molar-refractivity contribution in [2.75, 3.05) is 6.61 Å². The van der Waals surface area contributed by atoms with Gasteiger partial charge in [-0.1, -0.05) is 11.8 Å². The van der Waals surface area contributed by atoms with Gasteiger partial charge in [-0.15, -0.1) is 0 Å². The fraction of sp³-hybridized carbons (Fsp3) is 0.154. The summed E-state index contributed by atoms with van der Waals surface area (Å²) >= 11 is 0. The van der Waals surface area contributed by atoms with E-state index in [0.29, 0.717) is 12.0 Å². The third kappa shape index (κ3) is 2.30. The lowest BCUT2D eigenvalue weighted by Crippen LogP contribution is -1.94. The second kappa shape index (κ2) is 4.65. The van der Waals surface area contributed by atoms with Gasteiger partial charge >= 0.3 is 5.63 Å². The van der Waals surface area contributed by atoms with E-state index in [2.05, 4.69) is 11.8 Å². The maximum Gasteiger partial charge on any atom is 0.336 e. The molecule has 3 nitrogen and oxygen atoms in total. The minimum Gasteiger partial charge on any atom is -0.423 e. The maximum atomic E-state index is 11.0. The SMILES string of the molecule is O=c1ccc2ccc(C#CCCO)cc2o1. The molecule has 0 atom stereocenters. The van der Waals surface area contributed by atoms with Crippen molar-refractivity contribution in [2.45, 2.75) is 6.42 Å². The highest BCUT2D eigenvalue weighted by Crippen LogP contribution is 2.13. The van der Waals surface area contributed by atoms with Crippen molar-refractivity contribution in [3.63, 3.8) is 0 Å². The van der Waals surface area contributed by atoms with Gasteiger partial charge in [0.25, 0.3) is 0 Å². The largest absolute Gasteiger partial charge is 0.423 e. The lowest BCUT2D eigenvalue weighted by atomic mass is 10.1. The Morgan fingerprint density at radius 2 is 2.06 bits per heavy atom. The van der Waals surface area contributed by atoms with Crippen molar-refractivity contribution in [3.05, 3.63) is 46.3 Å². The zero-order valence-electron chi connectivity index (χ0n) is 8.56. The van der Waals surface area contributed by atoms with Gasteiger partial charge in [0, 0.05) is 23.4 Å². The van der Waals surface area contributed by atoms with Crippen LogP contribution in [0.4, 0.5) is 0 Å². The van der Waals surface area contributed by atoms with E-state index in [9.17, 15) is 4.79 Å². The number of hydrogen-bond acceptors (Lipinski definition) is 3. The fourth-order valence-corrected chi connectivity index (χ4v) is 1.36. The van der Waals surface area contributed by atoms with Crippen molar-refractivity contribution in [1.82, 2.24) is 0 Å². The van der Waals surface area contributed by atoms with E-state index in [1.165, 1.54) is 6.07 Å². The van der Waals surface area contributed by atoms with Gasteiger partial charge in [-0.05, 0) is 24.3 Å². The van der Waals surface area contributed by atoms with Crippen LogP contribution in [0.1, 0.15) is 12.0 Å². The molecule has 0 amide bonds. The molecule has 0 unspecified atom stereocenters. The van der Waals surface area contributed by atoms with Crippen LogP contribution < -0.4 is 5.63 Å². The minimum atomic E-state index is -0.368. The van der Waals surface area contributed by atoms with Gasteiger partial charge in [0.1, 0.15) is 5.58 Å². The summed E-state index contributed by atoms with van der Waals surface area (Å²) < 4.78 is 5.04. The molecule has 0 saturated carbocycles. The molecule has 16 heavy (non-hydrogen) atoms. The van der Waals surface area contributed by atoms with Crippen LogP contribution in [0.2, 0.25) is 0 Å². The Labute approximate surface area is 92.3 Å². The van der Waals surface area contributed by atoms with Gasteiger partial charge in [0.05, 0.1) is 6.61 Å². The Bertz CT molecular complexity index is 614. The zero-order chi connectivity index (χ0) is 11.4. The first-order valence-electron chi connectivity index (χ1n) is 4.93. The van der Waals surface area contributed by atoms with Gasteiger partial charge < -0.3 is 9.52 Å². The molecule has 0 aliphatic rings. The summed E-state index contributed by atoms with van der Waals surface area (Å²) in [6, 6.07) is 8.53. The zero-order valence-corrected chi connectivity index (χ0v) is 8.56. The third-order valence-corrected chi connectivity index (χ3v) is 2.09. The van der Waals surface area contributed by atoms with Gasteiger partial charge in [-0.25, -0.2) is 4.79 Å². The highest BCUT2D eigenvalue weighted by molar-refractivity contribution is 5.77. The van der Waals surface area contributed by atoms with E-state index >= 15 is 0 Å². The highest BCUT2D eigenvalue weighted by Gasteiger charge is 1.97. The lowest BCUT2D eigenvalue weighted by molar-refractivity contribution is 0.305. The van der Waals surface area contributed by atoms with Crippen LogP contribution in [0, 0.1) is 11.8 Å². The minimum absolute atomic E-state index is 0.0513. The Hall–Kier alpha value is -2.05. The average Bonchev–Trinajstić information content (AvgIpc) is 2.29. The topological polar surface area (TPSA) is 50.4 Å². The normalized spacial score (nSPS) is 9.81. The molecule has 80 valence electrons. The van der Waals surface area contributed by atoms with E-state index in [0.717, 1.165) is 10.9 Å². The predicted octanol–water partition coefficient (Wildman–Crippen LogP) is 1.53. The molecule has 0 bridgehead atoms. The Morgan fingerprint density at radius 1 is 1.25 bits per heavy atom. The molecule has 0 aliphatic heterocycles. The molecule has 0 spiro atoms. The Kier molecular flexibility index (Phi) is 3.04. The highest BCUT2D eigenvalue weighted by atomic mass is 16.4. The van der Waals surface area contributed by atoms with Crippen molar-refractivity contribution in [3.8, 4) is 11.8 Å². The van der Waals surface area contributed by atoms with E-state index in [1.54, 1.807) is 12.1 Å². The molecular formula is C13H10O3. The molecule has 1 heterocycles. The summed E-state index contributed by atoms with van der Waals surface area (Å²) in [6.07, 6.45) is 0.441. The summed E-state index contributed by atoms with van der Waals surface area (Å²) in [4.78, 5) is 11.0. The van der Waals surface area contributed by atoms with Crippen LogP contribution in [-0.2, 0) is 0 Å². The molecule has 0 aliphatic carbocycles. The molecule has 0 saturated heterocycles. The van der Waals surface area contributed by atoms with Gasteiger partial charge in [0.2, 0.25) is 0 Å². The van der Waals surface area contributed by atoms with Gasteiger partial charge in [-0.3, -0.25) is 0 Å². The standard InChI is InChI=1S/C13H10O3/c14-8-2-1-3-10-4-5-11-6-7-13(15)16-12(11)9-10/h4-7,9,14H,2,8H2. The van der Waals surface area contributed by atoms with Crippen molar-refractivity contribution < 1.29 is 9.52 Å². The van der Waals surface area contributed by atoms with Crippen LogP contribution >= 0.6 is 0 Å². The molecule has 2 aromatic rings. The quantitative estimate of drug-likeness (QED) is 0.578. The molecule has 1 aromatic carbocycles. The summed E-state index contributed by atoms with van der Waals surface area (Å²) in [5.41, 5.74) is 0.937. The summed E-state index contributed by atoms with van der Waals surface area (Å²) in [5.74, 6) is 5.70. The summed E-state index contributed by atoms with van der Waals surface area (Å²) in [7, 11) is 0. The Balaban J connectivity index is 2.44. The Morgan fingerprint density at radius 3 is 2.88 bits per heavy atom. The molecule has 1 aromatic heterocycles. The number of aliphatic hydroxyl groups excluding tert-OH is 1. The molecular weight excluding hydrogens is 204 g/mol. The molecule has 2 rings (SSSR count). The van der Waals surface area contributed by atoms with Crippen molar-refractivity contribution >= 4 is 11.0 Å². The molecule has 1 N–H and O–H groups in total. The van der Waals surface area contributed by atoms with E-state index in [-0.39, 0.29) is 12.2 Å².